The third kappa shape index (κ3) is 2.59. The maximum Gasteiger partial charge on any atom is 0.291 e. The molecule has 0 bridgehead atoms. The van der Waals surface area contributed by atoms with Crippen LogP contribution in [0.5, 0.6) is 0 Å². The zero-order valence-electron chi connectivity index (χ0n) is 11.5. The summed E-state index contributed by atoms with van der Waals surface area (Å²) in [6.07, 6.45) is 6.99. The Morgan fingerprint density at radius 1 is 1.43 bits per heavy atom. The number of thioether (sulfide) groups is 1. The van der Waals surface area contributed by atoms with Crippen molar-refractivity contribution >= 4 is 23.4 Å². The highest BCUT2D eigenvalue weighted by molar-refractivity contribution is 7.98. The van der Waals surface area contributed by atoms with Crippen molar-refractivity contribution in [3.8, 4) is 0 Å². The van der Waals surface area contributed by atoms with Crippen molar-refractivity contribution in [1.82, 2.24) is 34.4 Å². The minimum absolute atomic E-state index is 0.0981. The molecule has 0 spiro atoms. The molecule has 0 aromatic carbocycles. The van der Waals surface area contributed by atoms with Crippen molar-refractivity contribution in [2.75, 3.05) is 6.26 Å². The van der Waals surface area contributed by atoms with Crippen LogP contribution in [0.1, 0.15) is 16.3 Å². The molecule has 3 aromatic heterocycles. The van der Waals surface area contributed by atoms with Gasteiger partial charge in [0.15, 0.2) is 5.16 Å². The van der Waals surface area contributed by atoms with Crippen LogP contribution >= 0.6 is 11.8 Å². The molecule has 0 saturated heterocycles. The molecule has 1 N–H and O–H groups in total. The first kappa shape index (κ1) is 13.6. The summed E-state index contributed by atoms with van der Waals surface area (Å²) in [6, 6.07) is 1.73. The smallest absolute Gasteiger partial charge is 0.291 e. The van der Waals surface area contributed by atoms with Gasteiger partial charge in [-0.3, -0.25) is 4.79 Å². The Hall–Kier alpha value is -2.42. The Bertz CT molecular complexity index is 761. The molecule has 9 heteroatoms. The van der Waals surface area contributed by atoms with Crippen molar-refractivity contribution in [1.29, 1.82) is 0 Å². The molecule has 0 unspecified atom stereocenters. The number of hydrogen-bond acceptors (Lipinski definition) is 6. The van der Waals surface area contributed by atoms with Gasteiger partial charge in [0.1, 0.15) is 0 Å². The normalized spacial score (nSPS) is 11.0. The van der Waals surface area contributed by atoms with Crippen molar-refractivity contribution in [2.45, 2.75) is 11.7 Å². The summed E-state index contributed by atoms with van der Waals surface area (Å²) >= 11 is 1.55. The second-order valence-electron chi connectivity index (χ2n) is 4.28. The highest BCUT2D eigenvalue weighted by Gasteiger charge is 2.14. The number of imidazole rings is 1. The Morgan fingerprint density at radius 3 is 3.00 bits per heavy atom. The van der Waals surface area contributed by atoms with E-state index in [2.05, 4.69) is 25.4 Å². The zero-order valence-corrected chi connectivity index (χ0v) is 12.3. The second kappa shape index (κ2) is 5.52. The average molecular weight is 303 g/mol. The van der Waals surface area contributed by atoms with Gasteiger partial charge in [-0.1, -0.05) is 11.8 Å². The molecule has 0 aliphatic heterocycles. The molecule has 3 aromatic rings. The molecule has 21 heavy (non-hydrogen) atoms. The fraction of sp³-hybridized carbons (Fsp3) is 0.250. The summed E-state index contributed by atoms with van der Waals surface area (Å²) in [5, 5.41) is 7.75. The van der Waals surface area contributed by atoms with E-state index in [1.807, 2.05) is 17.9 Å². The van der Waals surface area contributed by atoms with Crippen LogP contribution in [0.15, 0.2) is 29.8 Å². The Labute approximate surface area is 124 Å². The van der Waals surface area contributed by atoms with Gasteiger partial charge in [0.05, 0.1) is 18.4 Å². The van der Waals surface area contributed by atoms with Crippen LogP contribution in [0.25, 0.3) is 5.78 Å². The van der Waals surface area contributed by atoms with E-state index < -0.39 is 0 Å². The standard InChI is InChI=1S/C12H13N7OS/c1-18-8(7-15-12(18)21-2)6-14-10(20)9-16-11-13-4-3-5-19(11)17-9/h3-5,7H,6H2,1-2H3,(H,14,20). The molecule has 3 heterocycles. The molecule has 108 valence electrons. The number of rotatable bonds is 4. The molecule has 1 amide bonds. The van der Waals surface area contributed by atoms with E-state index in [1.54, 1.807) is 36.4 Å². The molecular weight excluding hydrogens is 290 g/mol. The highest BCUT2D eigenvalue weighted by Crippen LogP contribution is 2.13. The van der Waals surface area contributed by atoms with Gasteiger partial charge in [0, 0.05) is 19.4 Å². The highest BCUT2D eigenvalue weighted by atomic mass is 32.2. The van der Waals surface area contributed by atoms with Crippen LogP contribution in [0.3, 0.4) is 0 Å². The fourth-order valence-electron chi connectivity index (χ4n) is 1.86. The predicted molar refractivity (Wildman–Crippen MR) is 76.9 cm³/mol. The van der Waals surface area contributed by atoms with Gasteiger partial charge in [-0.05, 0) is 12.3 Å². The summed E-state index contributed by atoms with van der Waals surface area (Å²) in [7, 11) is 1.91. The molecule has 0 radical (unpaired) electrons. The van der Waals surface area contributed by atoms with Gasteiger partial charge in [0.2, 0.25) is 5.82 Å². The lowest BCUT2D eigenvalue weighted by Crippen LogP contribution is -2.25. The zero-order chi connectivity index (χ0) is 14.8. The first-order valence-corrected chi connectivity index (χ1v) is 7.41. The number of hydrogen-bond donors (Lipinski definition) is 1. The SMILES string of the molecule is CSc1ncc(CNC(=O)c2nc3ncccn3n2)n1C. The van der Waals surface area contributed by atoms with E-state index in [-0.39, 0.29) is 11.7 Å². The van der Waals surface area contributed by atoms with Crippen LogP contribution in [-0.4, -0.2) is 41.3 Å². The van der Waals surface area contributed by atoms with Crippen LogP contribution in [0, 0.1) is 0 Å². The molecule has 0 saturated carbocycles. The Morgan fingerprint density at radius 2 is 2.29 bits per heavy atom. The van der Waals surface area contributed by atoms with E-state index in [1.165, 1.54) is 4.52 Å². The van der Waals surface area contributed by atoms with E-state index in [0.717, 1.165) is 10.9 Å². The first-order valence-electron chi connectivity index (χ1n) is 6.19. The van der Waals surface area contributed by atoms with Gasteiger partial charge in [0.25, 0.3) is 11.7 Å². The molecular formula is C12H13N7OS. The lowest BCUT2D eigenvalue weighted by molar-refractivity contribution is 0.0940. The molecule has 0 atom stereocenters. The van der Waals surface area contributed by atoms with Crippen LogP contribution < -0.4 is 5.32 Å². The van der Waals surface area contributed by atoms with Crippen LogP contribution in [-0.2, 0) is 13.6 Å². The summed E-state index contributed by atoms with van der Waals surface area (Å²) < 4.78 is 3.40. The molecule has 8 nitrogen and oxygen atoms in total. The number of carbonyl (C=O) groups is 1. The fourth-order valence-corrected chi connectivity index (χ4v) is 2.41. The molecule has 0 fully saturated rings. The maximum atomic E-state index is 12.1. The van der Waals surface area contributed by atoms with Crippen molar-refractivity contribution in [2.24, 2.45) is 7.05 Å². The van der Waals surface area contributed by atoms with E-state index >= 15 is 0 Å². The number of carbonyl (C=O) groups excluding carboxylic acids is 1. The van der Waals surface area contributed by atoms with Gasteiger partial charge < -0.3 is 9.88 Å². The lowest BCUT2D eigenvalue weighted by atomic mass is 10.4. The third-order valence-electron chi connectivity index (χ3n) is 2.97. The van der Waals surface area contributed by atoms with E-state index in [0.29, 0.717) is 12.3 Å². The van der Waals surface area contributed by atoms with Crippen molar-refractivity contribution in [3.63, 3.8) is 0 Å². The van der Waals surface area contributed by atoms with E-state index in [4.69, 9.17) is 0 Å². The number of amides is 1. The monoisotopic (exact) mass is 303 g/mol. The van der Waals surface area contributed by atoms with Crippen molar-refractivity contribution in [3.05, 3.63) is 36.2 Å². The summed E-state index contributed by atoms with van der Waals surface area (Å²) in [5.41, 5.74) is 0.912. The Balaban J connectivity index is 1.72. The van der Waals surface area contributed by atoms with Gasteiger partial charge in [-0.25, -0.2) is 14.5 Å². The predicted octanol–water partition coefficient (Wildman–Crippen LogP) is 0.510. The minimum Gasteiger partial charge on any atom is -0.344 e. The van der Waals surface area contributed by atoms with E-state index in [9.17, 15) is 4.79 Å². The van der Waals surface area contributed by atoms with Crippen molar-refractivity contribution < 1.29 is 4.79 Å². The minimum atomic E-state index is -0.340. The number of fused-ring (bicyclic) bond motifs is 1. The maximum absolute atomic E-state index is 12.1. The topological polar surface area (TPSA) is 90.0 Å². The summed E-state index contributed by atoms with van der Waals surface area (Å²) in [6.45, 7) is 0.367. The third-order valence-corrected chi connectivity index (χ3v) is 3.72. The van der Waals surface area contributed by atoms with Gasteiger partial charge in [-0.2, -0.15) is 4.98 Å². The number of nitrogens with zero attached hydrogens (tertiary/aromatic N) is 6. The molecule has 3 rings (SSSR count). The molecule has 0 aliphatic carbocycles. The largest absolute Gasteiger partial charge is 0.344 e. The lowest BCUT2D eigenvalue weighted by Gasteiger charge is -2.04. The number of aromatic nitrogens is 6. The average Bonchev–Trinajstić information content (AvgIpc) is 3.08. The van der Waals surface area contributed by atoms with Gasteiger partial charge in [-0.15, -0.1) is 5.10 Å². The second-order valence-corrected chi connectivity index (χ2v) is 5.05. The molecule has 0 aliphatic rings. The number of nitrogens with one attached hydrogen (secondary N) is 1. The summed E-state index contributed by atoms with van der Waals surface area (Å²) in [5.74, 6) is 0.154. The first-order chi connectivity index (χ1) is 10.2. The van der Waals surface area contributed by atoms with Gasteiger partial charge >= 0.3 is 0 Å². The quantitative estimate of drug-likeness (QED) is 0.706. The van der Waals surface area contributed by atoms with Crippen LogP contribution in [0.4, 0.5) is 0 Å². The van der Waals surface area contributed by atoms with Crippen LogP contribution in [0.2, 0.25) is 0 Å². The summed E-state index contributed by atoms with van der Waals surface area (Å²) in [4.78, 5) is 24.4. The Kier molecular flexibility index (Phi) is 3.57.